The Bertz CT molecular complexity index is 560. The summed E-state index contributed by atoms with van der Waals surface area (Å²) in [7, 11) is 0. The molecule has 1 aliphatic rings. The quantitative estimate of drug-likeness (QED) is 0.833. The molecule has 0 saturated carbocycles. The van der Waals surface area contributed by atoms with Crippen molar-refractivity contribution in [2.45, 2.75) is 12.8 Å². The van der Waals surface area contributed by atoms with Crippen molar-refractivity contribution in [2.24, 2.45) is 0 Å². The van der Waals surface area contributed by atoms with Crippen LogP contribution in [0.1, 0.15) is 16.7 Å². The molecule has 0 fully saturated rings. The largest absolute Gasteiger partial charge is 0.326 e. The number of hydrogen-bond donors (Lipinski definition) is 1. The number of carbonyl (C=O) groups is 1. The predicted octanol–water partition coefficient (Wildman–Crippen LogP) is 2.77. The Morgan fingerprint density at radius 3 is 2.65 bits per heavy atom. The van der Waals surface area contributed by atoms with Gasteiger partial charge in [0.05, 0.1) is 6.42 Å². The maximum atomic E-state index is 11.3. The lowest BCUT2D eigenvalue weighted by Crippen LogP contribution is -2.03. The van der Waals surface area contributed by atoms with E-state index in [0.717, 1.165) is 17.7 Å². The van der Waals surface area contributed by atoms with Gasteiger partial charge in [0.25, 0.3) is 0 Å². The van der Waals surface area contributed by atoms with E-state index in [4.69, 9.17) is 0 Å². The van der Waals surface area contributed by atoms with Gasteiger partial charge in [0.1, 0.15) is 0 Å². The second kappa shape index (κ2) is 4.06. The van der Waals surface area contributed by atoms with Crippen LogP contribution in [0, 0.1) is 0 Å². The van der Waals surface area contributed by atoms with Gasteiger partial charge in [-0.05, 0) is 29.2 Å². The fourth-order valence-electron chi connectivity index (χ4n) is 2.20. The third-order valence-electron chi connectivity index (χ3n) is 3.05. The monoisotopic (exact) mass is 223 g/mol. The highest BCUT2D eigenvalue weighted by molar-refractivity contribution is 5.99. The van der Waals surface area contributed by atoms with Crippen molar-refractivity contribution >= 4 is 11.6 Å². The smallest absolute Gasteiger partial charge is 0.228 e. The fourth-order valence-corrected chi connectivity index (χ4v) is 2.20. The Hall–Kier alpha value is -2.09. The summed E-state index contributed by atoms with van der Waals surface area (Å²) in [6.45, 7) is 0. The highest BCUT2D eigenvalue weighted by atomic mass is 16.1. The average molecular weight is 223 g/mol. The molecule has 1 amide bonds. The molecular weight excluding hydrogens is 210 g/mol. The van der Waals surface area contributed by atoms with Crippen molar-refractivity contribution in [1.82, 2.24) is 0 Å². The molecule has 0 bridgehead atoms. The van der Waals surface area contributed by atoms with Gasteiger partial charge < -0.3 is 5.32 Å². The second-order valence-electron chi connectivity index (χ2n) is 4.38. The zero-order valence-corrected chi connectivity index (χ0v) is 9.44. The van der Waals surface area contributed by atoms with Crippen LogP contribution < -0.4 is 5.32 Å². The van der Waals surface area contributed by atoms with Gasteiger partial charge in [0.2, 0.25) is 5.91 Å². The van der Waals surface area contributed by atoms with Crippen LogP contribution in [0.4, 0.5) is 5.69 Å². The van der Waals surface area contributed by atoms with E-state index in [1.165, 1.54) is 11.1 Å². The van der Waals surface area contributed by atoms with Crippen LogP contribution in [0.15, 0.2) is 48.5 Å². The maximum Gasteiger partial charge on any atom is 0.228 e. The lowest BCUT2D eigenvalue weighted by atomic mass is 10.0. The van der Waals surface area contributed by atoms with Gasteiger partial charge in [-0.25, -0.2) is 0 Å². The molecule has 2 aromatic carbocycles. The summed E-state index contributed by atoms with van der Waals surface area (Å²) >= 11 is 0. The minimum Gasteiger partial charge on any atom is -0.326 e. The Morgan fingerprint density at radius 2 is 1.82 bits per heavy atom. The van der Waals surface area contributed by atoms with Crippen LogP contribution in [-0.4, -0.2) is 5.91 Å². The molecule has 0 saturated heterocycles. The molecule has 3 rings (SSSR count). The number of benzene rings is 2. The Morgan fingerprint density at radius 1 is 1.00 bits per heavy atom. The van der Waals surface area contributed by atoms with Gasteiger partial charge in [-0.15, -0.1) is 0 Å². The molecular formula is C15H13NO. The van der Waals surface area contributed by atoms with Crippen molar-refractivity contribution in [3.63, 3.8) is 0 Å². The maximum absolute atomic E-state index is 11.3. The normalized spacial score (nSPS) is 13.3. The van der Waals surface area contributed by atoms with Crippen LogP contribution in [-0.2, 0) is 17.6 Å². The van der Waals surface area contributed by atoms with Crippen molar-refractivity contribution in [1.29, 1.82) is 0 Å². The van der Waals surface area contributed by atoms with E-state index in [2.05, 4.69) is 29.6 Å². The molecule has 2 nitrogen and oxygen atoms in total. The summed E-state index contributed by atoms with van der Waals surface area (Å²) < 4.78 is 0. The number of nitrogens with one attached hydrogen (secondary N) is 1. The summed E-state index contributed by atoms with van der Waals surface area (Å²) in [4.78, 5) is 11.3. The molecule has 0 aromatic heterocycles. The highest BCUT2D eigenvalue weighted by Gasteiger charge is 2.17. The predicted molar refractivity (Wildman–Crippen MR) is 68.0 cm³/mol. The van der Waals surface area contributed by atoms with E-state index in [1.54, 1.807) is 0 Å². The van der Waals surface area contributed by atoms with Gasteiger partial charge in [0, 0.05) is 5.69 Å². The van der Waals surface area contributed by atoms with Crippen molar-refractivity contribution in [3.05, 3.63) is 65.2 Å². The minimum absolute atomic E-state index is 0.0943. The van der Waals surface area contributed by atoms with E-state index in [9.17, 15) is 4.79 Å². The van der Waals surface area contributed by atoms with Crippen LogP contribution >= 0.6 is 0 Å². The first kappa shape index (κ1) is 10.1. The summed E-state index contributed by atoms with van der Waals surface area (Å²) in [6, 6.07) is 16.6. The lowest BCUT2D eigenvalue weighted by molar-refractivity contribution is -0.115. The standard InChI is InChI=1S/C15H13NO/c17-15-10-13-7-6-12(9-14(13)16-15)8-11-4-2-1-3-5-11/h1-7,9H,8,10H2,(H,16,17). The van der Waals surface area contributed by atoms with E-state index in [0.29, 0.717) is 6.42 Å². The number of anilines is 1. The molecule has 2 aromatic rings. The molecule has 1 N–H and O–H groups in total. The SMILES string of the molecule is O=C1Cc2ccc(Cc3ccccc3)cc2N1. The summed E-state index contributed by atoms with van der Waals surface area (Å²) in [6.07, 6.45) is 1.42. The van der Waals surface area contributed by atoms with Gasteiger partial charge >= 0.3 is 0 Å². The molecule has 84 valence electrons. The first-order valence-corrected chi connectivity index (χ1v) is 5.77. The Labute approximate surface area is 100 Å². The van der Waals surface area contributed by atoms with Gasteiger partial charge in [-0.3, -0.25) is 4.79 Å². The summed E-state index contributed by atoms with van der Waals surface area (Å²) in [5.74, 6) is 0.0943. The average Bonchev–Trinajstić information content (AvgIpc) is 2.70. The lowest BCUT2D eigenvalue weighted by Gasteiger charge is -2.04. The zero-order chi connectivity index (χ0) is 11.7. The topological polar surface area (TPSA) is 29.1 Å². The fraction of sp³-hybridized carbons (Fsp3) is 0.133. The zero-order valence-electron chi connectivity index (χ0n) is 9.44. The van der Waals surface area contributed by atoms with Crippen LogP contribution in [0.3, 0.4) is 0 Å². The van der Waals surface area contributed by atoms with Crippen LogP contribution in [0.2, 0.25) is 0 Å². The van der Waals surface area contributed by atoms with Crippen molar-refractivity contribution < 1.29 is 4.79 Å². The van der Waals surface area contributed by atoms with E-state index in [-0.39, 0.29) is 5.91 Å². The first-order chi connectivity index (χ1) is 8.31. The Kier molecular flexibility index (Phi) is 2.41. The molecule has 0 spiro atoms. The highest BCUT2D eigenvalue weighted by Crippen LogP contribution is 2.25. The Balaban J connectivity index is 1.86. The first-order valence-electron chi connectivity index (χ1n) is 5.77. The molecule has 0 atom stereocenters. The van der Waals surface area contributed by atoms with Crippen molar-refractivity contribution in [3.8, 4) is 0 Å². The van der Waals surface area contributed by atoms with Gasteiger partial charge in [-0.2, -0.15) is 0 Å². The molecule has 0 unspecified atom stereocenters. The number of amides is 1. The second-order valence-corrected chi connectivity index (χ2v) is 4.38. The van der Waals surface area contributed by atoms with Crippen molar-refractivity contribution in [2.75, 3.05) is 5.32 Å². The summed E-state index contributed by atoms with van der Waals surface area (Å²) in [5.41, 5.74) is 4.60. The van der Waals surface area contributed by atoms with Crippen LogP contribution in [0.5, 0.6) is 0 Å². The third-order valence-corrected chi connectivity index (χ3v) is 3.05. The van der Waals surface area contributed by atoms with Gasteiger partial charge in [-0.1, -0.05) is 42.5 Å². The van der Waals surface area contributed by atoms with Crippen LogP contribution in [0.25, 0.3) is 0 Å². The molecule has 1 heterocycles. The third kappa shape index (κ3) is 2.07. The molecule has 17 heavy (non-hydrogen) atoms. The van der Waals surface area contributed by atoms with E-state index >= 15 is 0 Å². The van der Waals surface area contributed by atoms with E-state index < -0.39 is 0 Å². The minimum atomic E-state index is 0.0943. The van der Waals surface area contributed by atoms with Gasteiger partial charge in [0.15, 0.2) is 0 Å². The number of hydrogen-bond acceptors (Lipinski definition) is 1. The summed E-state index contributed by atoms with van der Waals surface area (Å²) in [5, 5.41) is 2.88. The molecule has 2 heteroatoms. The molecule has 1 aliphatic heterocycles. The number of fused-ring (bicyclic) bond motifs is 1. The molecule has 0 aliphatic carbocycles. The van der Waals surface area contributed by atoms with E-state index in [1.807, 2.05) is 24.3 Å². The number of rotatable bonds is 2. The number of carbonyl (C=O) groups excluding carboxylic acids is 1. The molecule has 0 radical (unpaired) electrons.